The molecular formula is C18H22FNO4. The molecular weight excluding hydrogens is 313 g/mol. The summed E-state index contributed by atoms with van der Waals surface area (Å²) in [6.07, 6.45) is 2.88. The minimum atomic E-state index is -0.856. The lowest BCUT2D eigenvalue weighted by Gasteiger charge is -2.32. The van der Waals surface area contributed by atoms with Crippen LogP contribution in [0.1, 0.15) is 48.9 Å². The van der Waals surface area contributed by atoms with Crippen LogP contribution >= 0.6 is 0 Å². The Hall–Kier alpha value is -2.24. The van der Waals surface area contributed by atoms with Crippen molar-refractivity contribution < 1.29 is 23.9 Å². The summed E-state index contributed by atoms with van der Waals surface area (Å²) in [6.45, 7) is 1.01. The quantitative estimate of drug-likeness (QED) is 0.614. The number of carbonyl (C=O) groups excluding carboxylic acids is 2. The Morgan fingerprint density at radius 2 is 1.79 bits per heavy atom. The molecule has 5 nitrogen and oxygen atoms in total. The minimum absolute atomic E-state index is 0.0306. The van der Waals surface area contributed by atoms with Gasteiger partial charge in [0.25, 0.3) is 0 Å². The molecule has 1 aliphatic rings. The monoisotopic (exact) mass is 335 g/mol. The molecule has 1 fully saturated rings. The van der Waals surface area contributed by atoms with Crippen molar-refractivity contribution in [3.63, 3.8) is 0 Å². The number of nitrogens with zero attached hydrogens (tertiary/aromatic N) is 1. The van der Waals surface area contributed by atoms with Gasteiger partial charge in [-0.25, -0.2) is 4.39 Å². The number of hydrogen-bond donors (Lipinski definition) is 1. The first-order chi connectivity index (χ1) is 11.5. The lowest BCUT2D eigenvalue weighted by atomic mass is 9.90. The molecule has 0 saturated carbocycles. The Morgan fingerprint density at radius 1 is 1.12 bits per heavy atom. The molecule has 1 saturated heterocycles. The maximum Gasteiger partial charge on any atom is 0.303 e. The summed E-state index contributed by atoms with van der Waals surface area (Å²) in [5.41, 5.74) is 0.470. The van der Waals surface area contributed by atoms with E-state index in [0.717, 1.165) is 12.8 Å². The second-order valence-electron chi connectivity index (χ2n) is 6.15. The molecule has 130 valence electrons. The number of unbranched alkanes of at least 4 members (excludes halogenated alkanes) is 1. The minimum Gasteiger partial charge on any atom is -0.481 e. The lowest BCUT2D eigenvalue weighted by Crippen LogP contribution is -2.42. The summed E-state index contributed by atoms with van der Waals surface area (Å²) in [5, 5.41) is 8.59. The van der Waals surface area contributed by atoms with Crippen LogP contribution in [0.15, 0.2) is 24.3 Å². The highest BCUT2D eigenvalue weighted by molar-refractivity contribution is 5.98. The fourth-order valence-corrected chi connectivity index (χ4v) is 2.98. The van der Waals surface area contributed by atoms with Crippen molar-refractivity contribution in [1.29, 1.82) is 0 Å². The van der Waals surface area contributed by atoms with Crippen LogP contribution in [0.3, 0.4) is 0 Å². The predicted octanol–water partition coefficient (Wildman–Crippen LogP) is 2.89. The zero-order chi connectivity index (χ0) is 17.5. The highest BCUT2D eigenvalue weighted by Crippen LogP contribution is 2.22. The van der Waals surface area contributed by atoms with Crippen LogP contribution in [-0.2, 0) is 9.59 Å². The number of carboxylic acid groups (broad SMARTS) is 1. The second-order valence-corrected chi connectivity index (χ2v) is 6.15. The number of halogens is 1. The maximum atomic E-state index is 13.0. The lowest BCUT2D eigenvalue weighted by molar-refractivity contribution is -0.137. The van der Waals surface area contributed by atoms with Gasteiger partial charge < -0.3 is 10.0 Å². The van der Waals surface area contributed by atoms with Crippen molar-refractivity contribution >= 4 is 17.7 Å². The largest absolute Gasteiger partial charge is 0.481 e. The van der Waals surface area contributed by atoms with E-state index in [1.165, 1.54) is 24.3 Å². The number of rotatable bonds is 7. The van der Waals surface area contributed by atoms with E-state index in [-0.39, 0.29) is 29.8 Å². The van der Waals surface area contributed by atoms with Crippen LogP contribution in [0.5, 0.6) is 0 Å². The number of piperidine rings is 1. The average Bonchev–Trinajstić information content (AvgIpc) is 2.58. The Morgan fingerprint density at radius 3 is 2.46 bits per heavy atom. The molecule has 0 bridgehead atoms. The van der Waals surface area contributed by atoms with Gasteiger partial charge in [-0.2, -0.15) is 0 Å². The van der Waals surface area contributed by atoms with E-state index in [4.69, 9.17) is 5.11 Å². The topological polar surface area (TPSA) is 74.7 Å². The molecule has 1 atom stereocenters. The molecule has 1 aliphatic heterocycles. The van der Waals surface area contributed by atoms with Gasteiger partial charge in [0.15, 0.2) is 5.78 Å². The molecule has 6 heteroatoms. The van der Waals surface area contributed by atoms with Crippen LogP contribution in [-0.4, -0.2) is 40.8 Å². The standard InChI is InChI=1S/C18H22FNO4/c19-15-9-7-13(8-10-15)18(24)14-4-3-11-20(12-14)16(21)5-1-2-6-17(22)23/h7-10,14H,1-6,11-12H2,(H,22,23). The van der Waals surface area contributed by atoms with Gasteiger partial charge in [0.05, 0.1) is 0 Å². The van der Waals surface area contributed by atoms with E-state index in [2.05, 4.69) is 0 Å². The highest BCUT2D eigenvalue weighted by Gasteiger charge is 2.28. The Balaban J connectivity index is 1.86. The third-order valence-corrected chi connectivity index (χ3v) is 4.30. The fraction of sp³-hybridized carbons (Fsp3) is 0.500. The molecule has 2 rings (SSSR count). The van der Waals surface area contributed by atoms with Crippen LogP contribution in [0.25, 0.3) is 0 Å². The van der Waals surface area contributed by atoms with Gasteiger partial charge in [-0.3, -0.25) is 14.4 Å². The van der Waals surface area contributed by atoms with E-state index in [9.17, 15) is 18.8 Å². The van der Waals surface area contributed by atoms with Gasteiger partial charge in [0, 0.05) is 37.4 Å². The van der Waals surface area contributed by atoms with Crippen LogP contribution < -0.4 is 0 Å². The summed E-state index contributed by atoms with van der Waals surface area (Å²) in [6, 6.07) is 5.48. The number of aliphatic carboxylic acids is 1. The third-order valence-electron chi connectivity index (χ3n) is 4.30. The molecule has 1 aromatic rings. The number of hydrogen-bond acceptors (Lipinski definition) is 3. The van der Waals surface area contributed by atoms with Crippen molar-refractivity contribution in [3.05, 3.63) is 35.6 Å². The van der Waals surface area contributed by atoms with E-state index >= 15 is 0 Å². The Kier molecular flexibility index (Phi) is 6.46. The average molecular weight is 335 g/mol. The zero-order valence-corrected chi connectivity index (χ0v) is 13.5. The van der Waals surface area contributed by atoms with Crippen molar-refractivity contribution in [2.75, 3.05) is 13.1 Å². The van der Waals surface area contributed by atoms with Gasteiger partial charge in [-0.1, -0.05) is 0 Å². The summed E-state index contributed by atoms with van der Waals surface area (Å²) in [5.74, 6) is -1.58. The third kappa shape index (κ3) is 5.15. The number of Topliss-reactive ketones (excluding diaryl/α,β-unsaturated/α-hetero) is 1. The molecule has 0 radical (unpaired) electrons. The highest BCUT2D eigenvalue weighted by atomic mass is 19.1. The Bertz CT molecular complexity index is 600. The van der Waals surface area contributed by atoms with Crippen molar-refractivity contribution in [3.8, 4) is 0 Å². The van der Waals surface area contributed by atoms with Crippen molar-refractivity contribution in [1.82, 2.24) is 4.90 Å². The predicted molar refractivity (Wildman–Crippen MR) is 86.1 cm³/mol. The number of carbonyl (C=O) groups is 3. The fourth-order valence-electron chi connectivity index (χ4n) is 2.98. The molecule has 0 aliphatic carbocycles. The maximum absolute atomic E-state index is 13.0. The Labute approximate surface area is 140 Å². The summed E-state index contributed by atoms with van der Waals surface area (Å²) in [7, 11) is 0. The van der Waals surface area contributed by atoms with E-state index < -0.39 is 5.97 Å². The van der Waals surface area contributed by atoms with Crippen molar-refractivity contribution in [2.24, 2.45) is 5.92 Å². The molecule has 0 spiro atoms. The zero-order valence-electron chi connectivity index (χ0n) is 13.5. The first kappa shape index (κ1) is 18.1. The van der Waals surface area contributed by atoms with Crippen LogP contribution in [0.2, 0.25) is 0 Å². The second kappa shape index (κ2) is 8.57. The molecule has 1 amide bonds. The molecule has 1 aromatic carbocycles. The summed E-state index contributed by atoms with van der Waals surface area (Å²) >= 11 is 0. The van der Waals surface area contributed by atoms with Gasteiger partial charge in [-0.05, 0) is 49.9 Å². The van der Waals surface area contributed by atoms with Crippen LogP contribution in [0, 0.1) is 11.7 Å². The first-order valence-electron chi connectivity index (χ1n) is 8.26. The molecule has 1 N–H and O–H groups in total. The SMILES string of the molecule is O=C(O)CCCCC(=O)N1CCCC(C(=O)c2ccc(F)cc2)C1. The number of amides is 1. The molecule has 1 heterocycles. The van der Waals surface area contributed by atoms with E-state index in [1.807, 2.05) is 0 Å². The molecule has 0 aromatic heterocycles. The van der Waals surface area contributed by atoms with Crippen LogP contribution in [0.4, 0.5) is 4.39 Å². The van der Waals surface area contributed by atoms with Crippen molar-refractivity contribution in [2.45, 2.75) is 38.5 Å². The van der Waals surface area contributed by atoms with Gasteiger partial charge in [-0.15, -0.1) is 0 Å². The van der Waals surface area contributed by atoms with Gasteiger partial charge in [0.1, 0.15) is 5.82 Å². The number of benzene rings is 1. The normalized spacial score (nSPS) is 17.5. The number of ketones is 1. The van der Waals surface area contributed by atoms with Gasteiger partial charge in [0.2, 0.25) is 5.91 Å². The molecule has 1 unspecified atom stereocenters. The number of carboxylic acids is 1. The first-order valence-corrected chi connectivity index (χ1v) is 8.26. The van der Waals surface area contributed by atoms with E-state index in [0.29, 0.717) is 37.9 Å². The summed E-state index contributed by atoms with van der Waals surface area (Å²) in [4.78, 5) is 36.9. The van der Waals surface area contributed by atoms with Gasteiger partial charge >= 0.3 is 5.97 Å². The number of likely N-dealkylation sites (tertiary alicyclic amines) is 1. The van der Waals surface area contributed by atoms with E-state index in [1.54, 1.807) is 4.90 Å². The summed E-state index contributed by atoms with van der Waals surface area (Å²) < 4.78 is 13.0. The smallest absolute Gasteiger partial charge is 0.303 e. The molecule has 24 heavy (non-hydrogen) atoms.